The van der Waals surface area contributed by atoms with Crippen molar-refractivity contribution in [2.75, 3.05) is 0 Å². The van der Waals surface area contributed by atoms with E-state index in [9.17, 15) is 10.2 Å². The Morgan fingerprint density at radius 1 is 0.842 bits per heavy atom. The Morgan fingerprint density at radius 3 is 2.32 bits per heavy atom. The minimum absolute atomic E-state index is 0. The smallest absolute Gasteiger partial charge is 0.368 e. The molecule has 2 N–H and O–H groups in total. The van der Waals surface area contributed by atoms with Gasteiger partial charge in [-0.15, -0.1) is 0 Å². The van der Waals surface area contributed by atoms with Crippen LogP contribution in [0.1, 0.15) is 0 Å². The van der Waals surface area contributed by atoms with Crippen molar-refractivity contribution < 1.29 is 27.0 Å². The van der Waals surface area contributed by atoms with Gasteiger partial charge in [0.05, 0.1) is 11.6 Å². The topological polar surface area (TPSA) is 51.8 Å². The Hall–Kier alpha value is -2.26. The van der Waals surface area contributed by atoms with Crippen LogP contribution in [-0.2, 0) is 0 Å². The molecule has 0 bridgehead atoms. The van der Waals surface area contributed by atoms with E-state index in [1.807, 2.05) is 30.3 Å². The highest BCUT2D eigenvalue weighted by Gasteiger charge is 2.17. The molecule has 0 aliphatic heterocycles. The first-order chi connectivity index (χ1) is 8.74. The van der Waals surface area contributed by atoms with E-state index in [1.165, 1.54) is 12.1 Å². The maximum Gasteiger partial charge on any atom is 0.368 e. The molecule has 0 amide bonds. The van der Waals surface area contributed by atoms with Crippen LogP contribution in [0.5, 0.6) is 11.5 Å². The summed E-state index contributed by atoms with van der Waals surface area (Å²) in [6.07, 6.45) is 0. The Labute approximate surface area is 116 Å². The van der Waals surface area contributed by atoms with Gasteiger partial charge in [-0.1, -0.05) is 18.2 Å². The molecule has 1 heterocycles. The third-order valence-corrected chi connectivity index (χ3v) is 2.78. The van der Waals surface area contributed by atoms with Gasteiger partial charge in [0.15, 0.2) is 0 Å². The van der Waals surface area contributed by atoms with Crippen molar-refractivity contribution in [1.29, 1.82) is 0 Å². The van der Waals surface area contributed by atoms with E-state index < -0.39 is 0 Å². The highest BCUT2D eigenvalue weighted by atomic mass is 35.5. The van der Waals surface area contributed by atoms with Crippen molar-refractivity contribution in [1.82, 2.24) is 0 Å². The fourth-order valence-electron chi connectivity index (χ4n) is 1.92. The molecule has 3 aromatic rings. The zero-order valence-electron chi connectivity index (χ0n) is 9.88. The molecule has 1 aromatic heterocycles. The first kappa shape index (κ1) is 13.2. The molecule has 4 heteroatoms. The summed E-state index contributed by atoms with van der Waals surface area (Å²) in [6, 6.07) is 16.0. The second-order valence-corrected chi connectivity index (χ2v) is 4.04. The number of benzene rings is 2. The molecule has 0 atom stereocenters. The zero-order chi connectivity index (χ0) is 12.5. The molecule has 0 spiro atoms. The highest BCUT2D eigenvalue weighted by Crippen LogP contribution is 2.32. The number of halogens is 1. The first-order valence-electron chi connectivity index (χ1n) is 5.58. The van der Waals surface area contributed by atoms with Crippen LogP contribution in [0.4, 0.5) is 0 Å². The third kappa shape index (κ3) is 2.46. The standard InChI is InChI=1S/C15H10O3.ClH/c16-11-8-13(17)12-6-7-14(18-15(12)9-11)10-4-2-1-3-5-10;/h1-9H,(H-,16,17);1H. The number of hydrogen-bond acceptors (Lipinski definition) is 2. The number of rotatable bonds is 1. The van der Waals surface area contributed by atoms with Gasteiger partial charge in [-0.2, -0.15) is 0 Å². The molecule has 96 valence electrons. The van der Waals surface area contributed by atoms with Crippen molar-refractivity contribution in [3.63, 3.8) is 0 Å². The van der Waals surface area contributed by atoms with Crippen LogP contribution < -0.4 is 12.4 Å². The molecule has 0 aliphatic carbocycles. The highest BCUT2D eigenvalue weighted by molar-refractivity contribution is 5.86. The molecule has 0 saturated carbocycles. The summed E-state index contributed by atoms with van der Waals surface area (Å²) in [6.45, 7) is 0. The molecular weight excluding hydrogens is 264 g/mol. The Balaban J connectivity index is 0.00000133. The van der Waals surface area contributed by atoms with Crippen LogP contribution >= 0.6 is 0 Å². The summed E-state index contributed by atoms with van der Waals surface area (Å²) in [5, 5.41) is 19.7. The largest absolute Gasteiger partial charge is 1.00 e. The maximum atomic E-state index is 9.69. The van der Waals surface area contributed by atoms with Crippen LogP contribution in [0, 0.1) is 0 Å². The summed E-state index contributed by atoms with van der Waals surface area (Å²) in [5.41, 5.74) is 1.40. The molecule has 0 radical (unpaired) electrons. The minimum atomic E-state index is -0.0195. The van der Waals surface area contributed by atoms with E-state index in [4.69, 9.17) is 4.42 Å². The Kier molecular flexibility index (Phi) is 3.58. The molecule has 19 heavy (non-hydrogen) atoms. The molecular formula is C15H11ClO3. The van der Waals surface area contributed by atoms with Gasteiger partial charge in [-0.25, -0.2) is 4.42 Å². The van der Waals surface area contributed by atoms with Gasteiger partial charge in [-0.05, 0) is 18.2 Å². The molecule has 0 aliphatic rings. The lowest BCUT2D eigenvalue weighted by Gasteiger charge is -1.96. The normalized spacial score (nSPS) is 10.1. The van der Waals surface area contributed by atoms with Gasteiger partial charge in [0.1, 0.15) is 16.9 Å². The van der Waals surface area contributed by atoms with Gasteiger partial charge in [0.25, 0.3) is 0 Å². The van der Waals surface area contributed by atoms with E-state index in [-0.39, 0.29) is 23.9 Å². The van der Waals surface area contributed by atoms with E-state index in [0.29, 0.717) is 16.7 Å². The van der Waals surface area contributed by atoms with Gasteiger partial charge < -0.3 is 22.6 Å². The second-order valence-electron chi connectivity index (χ2n) is 4.04. The first-order valence-corrected chi connectivity index (χ1v) is 5.58. The predicted molar refractivity (Wildman–Crippen MR) is 69.4 cm³/mol. The van der Waals surface area contributed by atoms with Crippen LogP contribution in [0.25, 0.3) is 22.3 Å². The molecule has 0 saturated heterocycles. The number of phenolic OH excluding ortho intramolecular Hbond substituents is 2. The van der Waals surface area contributed by atoms with Crippen LogP contribution in [0.2, 0.25) is 0 Å². The van der Waals surface area contributed by atoms with Crippen molar-refractivity contribution in [3.8, 4) is 22.8 Å². The lowest BCUT2D eigenvalue weighted by atomic mass is 10.1. The van der Waals surface area contributed by atoms with E-state index in [0.717, 1.165) is 5.56 Å². The fraction of sp³-hybridized carbons (Fsp3) is 0. The summed E-state index contributed by atoms with van der Waals surface area (Å²) in [5.74, 6) is 0.676. The summed E-state index contributed by atoms with van der Waals surface area (Å²) >= 11 is 0. The van der Waals surface area contributed by atoms with Crippen LogP contribution in [-0.4, -0.2) is 10.2 Å². The summed E-state index contributed by atoms with van der Waals surface area (Å²) < 4.78 is 5.69. The minimum Gasteiger partial charge on any atom is -1.00 e. The van der Waals surface area contributed by atoms with Gasteiger partial charge in [0.2, 0.25) is 0 Å². The average molecular weight is 275 g/mol. The summed E-state index contributed by atoms with van der Waals surface area (Å²) in [4.78, 5) is 0. The van der Waals surface area contributed by atoms with Crippen LogP contribution in [0.3, 0.4) is 0 Å². The third-order valence-electron chi connectivity index (χ3n) is 2.78. The Morgan fingerprint density at radius 2 is 1.58 bits per heavy atom. The predicted octanol–water partition coefficient (Wildman–Crippen LogP) is 0.796. The second kappa shape index (κ2) is 5.16. The number of hydrogen-bond donors (Lipinski definition) is 2. The Bertz CT molecular complexity index is 711. The quantitative estimate of drug-likeness (QED) is 0.646. The van der Waals surface area contributed by atoms with Gasteiger partial charge in [0, 0.05) is 12.1 Å². The number of fused-ring (bicyclic) bond motifs is 1. The van der Waals surface area contributed by atoms with E-state index >= 15 is 0 Å². The lowest BCUT2D eigenvalue weighted by molar-refractivity contribution is -0.00000620. The van der Waals surface area contributed by atoms with Crippen molar-refractivity contribution in [3.05, 3.63) is 54.6 Å². The fourth-order valence-corrected chi connectivity index (χ4v) is 1.92. The maximum absolute atomic E-state index is 9.69. The molecule has 0 unspecified atom stereocenters. The lowest BCUT2D eigenvalue weighted by Crippen LogP contribution is -3.00. The van der Waals surface area contributed by atoms with E-state index in [2.05, 4.69) is 0 Å². The number of aromatic hydroxyl groups is 2. The zero-order valence-corrected chi connectivity index (χ0v) is 10.6. The average Bonchev–Trinajstić information content (AvgIpc) is 2.39. The van der Waals surface area contributed by atoms with E-state index in [1.54, 1.807) is 12.1 Å². The monoisotopic (exact) mass is 274 g/mol. The van der Waals surface area contributed by atoms with Crippen LogP contribution in [0.15, 0.2) is 59.0 Å². The molecule has 2 aromatic carbocycles. The molecule has 3 nitrogen and oxygen atoms in total. The molecule has 3 rings (SSSR count). The van der Waals surface area contributed by atoms with Gasteiger partial charge >= 0.3 is 11.3 Å². The number of phenols is 2. The van der Waals surface area contributed by atoms with Crippen molar-refractivity contribution in [2.24, 2.45) is 0 Å². The van der Waals surface area contributed by atoms with Gasteiger partial charge in [-0.3, -0.25) is 0 Å². The SMILES string of the molecule is Oc1cc(O)c2ccc(-c3ccccc3)[o+]c2c1.[Cl-]. The van der Waals surface area contributed by atoms with Crippen molar-refractivity contribution >= 4 is 11.0 Å². The molecule has 0 fully saturated rings. The summed E-state index contributed by atoms with van der Waals surface area (Å²) in [7, 11) is 0. The van der Waals surface area contributed by atoms with Crippen molar-refractivity contribution in [2.45, 2.75) is 0 Å².